The first-order chi connectivity index (χ1) is 16.8. The molecule has 3 aromatic rings. The van der Waals surface area contributed by atoms with E-state index < -0.39 is 10.0 Å². The zero-order chi connectivity index (χ0) is 25.3. The number of hydrogen-bond donors (Lipinski definition) is 4. The minimum Gasteiger partial charge on any atom is -0.508 e. The fourth-order valence-corrected chi connectivity index (χ4v) is 4.19. The van der Waals surface area contributed by atoms with E-state index in [0.29, 0.717) is 48.7 Å². The first kappa shape index (κ1) is 25.6. The van der Waals surface area contributed by atoms with E-state index in [1.54, 1.807) is 36.4 Å². The molecule has 0 fully saturated rings. The van der Waals surface area contributed by atoms with Crippen LogP contribution in [0.3, 0.4) is 0 Å². The van der Waals surface area contributed by atoms with Gasteiger partial charge in [0.15, 0.2) is 0 Å². The van der Waals surface area contributed by atoms with E-state index in [4.69, 9.17) is 4.74 Å². The molecule has 0 aliphatic carbocycles. The van der Waals surface area contributed by atoms with Crippen LogP contribution < -0.4 is 20.1 Å². The highest BCUT2D eigenvalue weighted by Gasteiger charge is 2.15. The van der Waals surface area contributed by atoms with Crippen molar-refractivity contribution >= 4 is 27.5 Å². The maximum atomic E-state index is 12.6. The van der Waals surface area contributed by atoms with Crippen molar-refractivity contribution in [2.45, 2.75) is 18.2 Å². The van der Waals surface area contributed by atoms with Crippen molar-refractivity contribution < 1.29 is 27.9 Å². The van der Waals surface area contributed by atoms with Crippen molar-refractivity contribution in [3.63, 3.8) is 0 Å². The second kappa shape index (κ2) is 11.9. The van der Waals surface area contributed by atoms with E-state index in [0.717, 1.165) is 0 Å². The zero-order valence-corrected chi connectivity index (χ0v) is 20.0. The van der Waals surface area contributed by atoms with E-state index in [-0.39, 0.29) is 22.5 Å². The van der Waals surface area contributed by atoms with Gasteiger partial charge in [-0.1, -0.05) is 6.07 Å². The molecule has 0 radical (unpaired) electrons. The largest absolute Gasteiger partial charge is 0.508 e. The minimum absolute atomic E-state index is 0.00989. The predicted molar refractivity (Wildman–Crippen MR) is 132 cm³/mol. The summed E-state index contributed by atoms with van der Waals surface area (Å²) in [6, 6.07) is 18.2. The van der Waals surface area contributed by atoms with Crippen molar-refractivity contribution in [3.8, 4) is 11.5 Å². The summed E-state index contributed by atoms with van der Waals surface area (Å²) in [7, 11) is -3.82. The lowest BCUT2D eigenvalue weighted by molar-refractivity contribution is 0.0951. The van der Waals surface area contributed by atoms with Crippen LogP contribution in [-0.4, -0.2) is 45.0 Å². The van der Waals surface area contributed by atoms with Gasteiger partial charge in [-0.05, 0) is 80.1 Å². The van der Waals surface area contributed by atoms with Crippen LogP contribution in [0.5, 0.6) is 11.5 Å². The number of anilines is 1. The molecule has 2 amide bonds. The summed E-state index contributed by atoms with van der Waals surface area (Å²) in [5.41, 5.74) is 1.06. The second-order valence-electron chi connectivity index (χ2n) is 7.50. The number of ether oxygens (including phenoxy) is 1. The van der Waals surface area contributed by atoms with Crippen LogP contribution in [0.4, 0.5) is 5.69 Å². The fraction of sp³-hybridized carbons (Fsp3) is 0.200. The summed E-state index contributed by atoms with van der Waals surface area (Å²) in [4.78, 5) is 24.4. The van der Waals surface area contributed by atoms with Gasteiger partial charge in [0, 0.05) is 29.9 Å². The number of amides is 2. The van der Waals surface area contributed by atoms with Crippen molar-refractivity contribution in [2.24, 2.45) is 0 Å². The molecule has 0 aromatic heterocycles. The van der Waals surface area contributed by atoms with E-state index in [9.17, 15) is 23.1 Å². The monoisotopic (exact) mass is 497 g/mol. The van der Waals surface area contributed by atoms with E-state index in [1.165, 1.54) is 36.4 Å². The van der Waals surface area contributed by atoms with E-state index in [2.05, 4.69) is 15.4 Å². The molecule has 3 rings (SSSR count). The molecular weight excluding hydrogens is 470 g/mol. The second-order valence-corrected chi connectivity index (χ2v) is 9.19. The Bertz CT molecular complexity index is 1260. The highest BCUT2D eigenvalue weighted by molar-refractivity contribution is 7.92. The average molecular weight is 498 g/mol. The number of carbonyl (C=O) groups is 2. The lowest BCUT2D eigenvalue weighted by Gasteiger charge is -2.10. The summed E-state index contributed by atoms with van der Waals surface area (Å²) in [6.45, 7) is 3.03. The van der Waals surface area contributed by atoms with Crippen LogP contribution in [-0.2, 0) is 10.0 Å². The third-order valence-electron chi connectivity index (χ3n) is 4.88. The standard InChI is InChI=1S/C25H27N3O6S/c1-2-34-22-11-9-20(10-12-22)28-35(32,33)23-13-7-18(8-14-23)24(30)26-15-4-16-27-25(31)19-5-3-6-21(29)17-19/h3,5-14,17,28-29H,2,4,15-16H2,1H3,(H,26,30)(H,27,31). The van der Waals surface area contributed by atoms with Gasteiger partial charge in [0.2, 0.25) is 0 Å². The minimum atomic E-state index is -3.82. The lowest BCUT2D eigenvalue weighted by atomic mass is 10.2. The number of sulfonamides is 1. The maximum Gasteiger partial charge on any atom is 0.261 e. The Balaban J connectivity index is 1.46. The number of phenols is 1. The summed E-state index contributed by atoms with van der Waals surface area (Å²) in [5, 5.41) is 14.9. The van der Waals surface area contributed by atoms with Gasteiger partial charge in [-0.25, -0.2) is 8.42 Å². The maximum absolute atomic E-state index is 12.6. The molecule has 0 atom stereocenters. The Morgan fingerprint density at radius 2 is 1.49 bits per heavy atom. The number of nitrogens with one attached hydrogen (secondary N) is 3. The molecular formula is C25H27N3O6S. The van der Waals surface area contributed by atoms with E-state index >= 15 is 0 Å². The lowest BCUT2D eigenvalue weighted by Crippen LogP contribution is -2.29. The molecule has 0 heterocycles. The molecule has 184 valence electrons. The van der Waals surface area contributed by atoms with Crippen LogP contribution >= 0.6 is 0 Å². The van der Waals surface area contributed by atoms with Gasteiger partial charge in [0.25, 0.3) is 21.8 Å². The van der Waals surface area contributed by atoms with Gasteiger partial charge in [-0.2, -0.15) is 0 Å². The Hall–Kier alpha value is -4.05. The summed E-state index contributed by atoms with van der Waals surface area (Å²) in [5.74, 6) is -0.0176. The smallest absolute Gasteiger partial charge is 0.261 e. The van der Waals surface area contributed by atoms with Gasteiger partial charge < -0.3 is 20.5 Å². The van der Waals surface area contributed by atoms with Gasteiger partial charge in [0.1, 0.15) is 11.5 Å². The van der Waals surface area contributed by atoms with Crippen LogP contribution in [0.25, 0.3) is 0 Å². The summed E-state index contributed by atoms with van der Waals surface area (Å²) < 4.78 is 33.1. The van der Waals surface area contributed by atoms with Gasteiger partial charge >= 0.3 is 0 Å². The number of carbonyl (C=O) groups excluding carboxylic acids is 2. The topological polar surface area (TPSA) is 134 Å². The summed E-state index contributed by atoms with van der Waals surface area (Å²) in [6.07, 6.45) is 0.495. The third-order valence-corrected chi connectivity index (χ3v) is 6.27. The van der Waals surface area contributed by atoms with Crippen molar-refractivity contribution in [1.82, 2.24) is 10.6 Å². The first-order valence-electron chi connectivity index (χ1n) is 11.0. The van der Waals surface area contributed by atoms with Crippen LogP contribution in [0, 0.1) is 0 Å². The Morgan fingerprint density at radius 3 is 2.09 bits per heavy atom. The molecule has 9 nitrogen and oxygen atoms in total. The predicted octanol–water partition coefficient (Wildman–Crippen LogP) is 3.14. The van der Waals surface area contributed by atoms with Gasteiger partial charge in [-0.3, -0.25) is 14.3 Å². The van der Waals surface area contributed by atoms with Crippen LogP contribution in [0.2, 0.25) is 0 Å². The van der Waals surface area contributed by atoms with E-state index in [1.807, 2.05) is 6.92 Å². The number of aromatic hydroxyl groups is 1. The molecule has 10 heteroatoms. The number of hydrogen-bond acceptors (Lipinski definition) is 6. The number of phenolic OH excluding ortho intramolecular Hbond substituents is 1. The Kier molecular flexibility index (Phi) is 8.69. The average Bonchev–Trinajstić information content (AvgIpc) is 2.85. The van der Waals surface area contributed by atoms with Crippen LogP contribution in [0.1, 0.15) is 34.1 Å². The van der Waals surface area contributed by atoms with Crippen molar-refractivity contribution in [2.75, 3.05) is 24.4 Å². The normalized spacial score (nSPS) is 10.9. The Morgan fingerprint density at radius 1 is 0.857 bits per heavy atom. The Labute approximate surface area is 204 Å². The highest BCUT2D eigenvalue weighted by atomic mass is 32.2. The molecule has 0 saturated heterocycles. The molecule has 4 N–H and O–H groups in total. The molecule has 0 unspecified atom stereocenters. The molecule has 0 bridgehead atoms. The molecule has 0 aliphatic rings. The molecule has 0 aliphatic heterocycles. The quantitative estimate of drug-likeness (QED) is 0.301. The summed E-state index contributed by atoms with van der Waals surface area (Å²) >= 11 is 0. The fourth-order valence-electron chi connectivity index (χ4n) is 3.13. The first-order valence-corrected chi connectivity index (χ1v) is 12.5. The highest BCUT2D eigenvalue weighted by Crippen LogP contribution is 2.20. The molecule has 0 saturated carbocycles. The van der Waals surface area contributed by atoms with Crippen LogP contribution in [0.15, 0.2) is 77.7 Å². The van der Waals surface area contributed by atoms with Crippen molar-refractivity contribution in [1.29, 1.82) is 0 Å². The molecule has 35 heavy (non-hydrogen) atoms. The zero-order valence-electron chi connectivity index (χ0n) is 19.2. The number of benzene rings is 3. The number of rotatable bonds is 11. The molecule has 3 aromatic carbocycles. The van der Waals surface area contributed by atoms with Gasteiger partial charge in [0.05, 0.1) is 11.5 Å². The molecule has 0 spiro atoms. The SMILES string of the molecule is CCOc1ccc(NS(=O)(=O)c2ccc(C(=O)NCCCNC(=O)c3cccc(O)c3)cc2)cc1. The van der Waals surface area contributed by atoms with Crippen molar-refractivity contribution in [3.05, 3.63) is 83.9 Å². The van der Waals surface area contributed by atoms with Gasteiger partial charge in [-0.15, -0.1) is 0 Å². The third kappa shape index (κ3) is 7.47.